The third kappa shape index (κ3) is 1.19. The van der Waals surface area contributed by atoms with Gasteiger partial charge in [-0.15, -0.1) is 0 Å². The van der Waals surface area contributed by atoms with Crippen LogP contribution in [0, 0.1) is 0 Å². The first kappa shape index (κ1) is 9.51. The zero-order valence-corrected chi connectivity index (χ0v) is 9.29. The summed E-state index contributed by atoms with van der Waals surface area (Å²) >= 11 is 0. The number of methoxy groups -OCH3 is 1. The van der Waals surface area contributed by atoms with Gasteiger partial charge in [0.1, 0.15) is 5.75 Å². The molecule has 0 fully saturated rings. The third-order valence-electron chi connectivity index (χ3n) is 3.54. The van der Waals surface area contributed by atoms with Crippen molar-refractivity contribution < 1.29 is 4.74 Å². The second-order valence-electron chi connectivity index (χ2n) is 4.43. The first-order chi connectivity index (χ1) is 7.73. The number of nitrogens with one attached hydrogen (secondary N) is 1. The van der Waals surface area contributed by atoms with E-state index in [1.807, 2.05) is 6.07 Å². The van der Waals surface area contributed by atoms with Gasteiger partial charge in [0.2, 0.25) is 0 Å². The number of rotatable bonds is 1. The molecule has 0 radical (unpaired) electrons. The van der Waals surface area contributed by atoms with Crippen molar-refractivity contribution in [2.75, 3.05) is 13.7 Å². The van der Waals surface area contributed by atoms with Crippen molar-refractivity contribution in [3.63, 3.8) is 0 Å². The van der Waals surface area contributed by atoms with E-state index < -0.39 is 0 Å². The van der Waals surface area contributed by atoms with Crippen molar-refractivity contribution in [2.24, 2.45) is 10.7 Å². The van der Waals surface area contributed by atoms with Crippen LogP contribution in [0.1, 0.15) is 17.5 Å². The van der Waals surface area contributed by atoms with Crippen LogP contribution in [0.2, 0.25) is 0 Å². The van der Waals surface area contributed by atoms with E-state index in [9.17, 15) is 0 Å². The maximum Gasteiger partial charge on any atom is 0.189 e. The minimum atomic E-state index is -0.0754. The van der Waals surface area contributed by atoms with Gasteiger partial charge in [-0.2, -0.15) is 0 Å². The van der Waals surface area contributed by atoms with Crippen LogP contribution in [0.25, 0.3) is 0 Å². The Morgan fingerprint density at radius 1 is 1.50 bits per heavy atom. The van der Waals surface area contributed by atoms with E-state index in [0.717, 1.165) is 25.1 Å². The first-order valence-electron chi connectivity index (χ1n) is 5.49. The molecule has 1 aromatic rings. The Kier molecular flexibility index (Phi) is 1.87. The fraction of sp³-hybridized carbons (Fsp3) is 0.417. The second kappa shape index (κ2) is 3.14. The Morgan fingerprint density at radius 2 is 2.38 bits per heavy atom. The number of hydrogen-bond donors (Lipinski definition) is 2. The lowest BCUT2D eigenvalue weighted by molar-refractivity contribution is 0.405. The van der Waals surface area contributed by atoms with Gasteiger partial charge < -0.3 is 15.8 Å². The summed E-state index contributed by atoms with van der Waals surface area (Å²) in [5.41, 5.74) is 8.31. The standard InChI is InChI=1S/C12H15N3O/c1-16-9-3-2-8-4-5-12(10(8)6-9)7-14-11(13)15-12/h2-3,6H,4-5,7H2,1H3,(H3,13,14,15). The molecule has 1 spiro atoms. The smallest absolute Gasteiger partial charge is 0.189 e. The van der Waals surface area contributed by atoms with Crippen LogP contribution in [0.15, 0.2) is 23.2 Å². The van der Waals surface area contributed by atoms with Crippen molar-refractivity contribution in [1.29, 1.82) is 0 Å². The van der Waals surface area contributed by atoms with Gasteiger partial charge in [-0.05, 0) is 36.1 Å². The Hall–Kier alpha value is -1.71. The molecule has 4 nitrogen and oxygen atoms in total. The van der Waals surface area contributed by atoms with Gasteiger partial charge in [0.15, 0.2) is 5.96 Å². The minimum absolute atomic E-state index is 0.0754. The molecule has 2 aliphatic rings. The van der Waals surface area contributed by atoms with Gasteiger partial charge in [0.25, 0.3) is 0 Å². The average Bonchev–Trinajstić information content (AvgIpc) is 2.85. The van der Waals surface area contributed by atoms with Crippen LogP contribution in [0.3, 0.4) is 0 Å². The van der Waals surface area contributed by atoms with Crippen LogP contribution in [0.4, 0.5) is 0 Å². The lowest BCUT2D eigenvalue weighted by atomic mass is 9.92. The summed E-state index contributed by atoms with van der Waals surface area (Å²) in [7, 11) is 1.69. The van der Waals surface area contributed by atoms with Gasteiger partial charge in [-0.25, -0.2) is 0 Å². The zero-order valence-electron chi connectivity index (χ0n) is 9.29. The van der Waals surface area contributed by atoms with E-state index in [2.05, 4.69) is 22.4 Å². The van der Waals surface area contributed by atoms with Crippen molar-refractivity contribution in [3.05, 3.63) is 29.3 Å². The van der Waals surface area contributed by atoms with E-state index in [-0.39, 0.29) is 5.54 Å². The average molecular weight is 217 g/mol. The number of hydrogen-bond acceptors (Lipinski definition) is 4. The quantitative estimate of drug-likeness (QED) is 0.730. The van der Waals surface area contributed by atoms with Crippen molar-refractivity contribution in [1.82, 2.24) is 5.32 Å². The molecule has 1 unspecified atom stereocenters. The highest BCUT2D eigenvalue weighted by Crippen LogP contribution is 2.40. The number of aryl methyl sites for hydroxylation is 1. The van der Waals surface area contributed by atoms with Crippen LogP contribution >= 0.6 is 0 Å². The van der Waals surface area contributed by atoms with Crippen LogP contribution < -0.4 is 15.8 Å². The molecule has 16 heavy (non-hydrogen) atoms. The molecule has 1 heterocycles. The molecule has 1 aromatic carbocycles. The van der Waals surface area contributed by atoms with E-state index in [1.54, 1.807) is 7.11 Å². The summed E-state index contributed by atoms with van der Waals surface area (Å²) in [5, 5.41) is 3.31. The molecule has 0 bridgehead atoms. The summed E-state index contributed by atoms with van der Waals surface area (Å²) in [6.45, 7) is 0.735. The fourth-order valence-corrected chi connectivity index (χ4v) is 2.67. The Morgan fingerprint density at radius 3 is 3.06 bits per heavy atom. The third-order valence-corrected chi connectivity index (χ3v) is 3.54. The molecule has 0 saturated carbocycles. The summed E-state index contributed by atoms with van der Waals surface area (Å²) in [5.74, 6) is 1.45. The maximum absolute atomic E-state index is 5.72. The topological polar surface area (TPSA) is 59.6 Å². The summed E-state index contributed by atoms with van der Waals surface area (Å²) in [6.07, 6.45) is 2.13. The molecule has 1 aliphatic heterocycles. The molecule has 4 heteroatoms. The van der Waals surface area contributed by atoms with E-state index in [0.29, 0.717) is 5.96 Å². The number of ether oxygens (including phenoxy) is 1. The molecule has 1 aliphatic carbocycles. The van der Waals surface area contributed by atoms with E-state index in [1.165, 1.54) is 11.1 Å². The predicted octanol–water partition coefficient (Wildman–Crippen LogP) is 0.755. The zero-order chi connectivity index (χ0) is 11.2. The van der Waals surface area contributed by atoms with Crippen molar-refractivity contribution >= 4 is 5.96 Å². The molecule has 0 amide bonds. The number of aliphatic imine (C=N–C) groups is 1. The monoisotopic (exact) mass is 217 g/mol. The molecular weight excluding hydrogens is 202 g/mol. The Balaban J connectivity index is 2.04. The molecule has 3 rings (SSSR count). The highest BCUT2D eigenvalue weighted by Gasteiger charge is 2.42. The summed E-state index contributed by atoms with van der Waals surface area (Å²) < 4.78 is 5.27. The molecule has 84 valence electrons. The number of nitrogens with zero attached hydrogens (tertiary/aromatic N) is 1. The van der Waals surface area contributed by atoms with E-state index in [4.69, 9.17) is 10.5 Å². The fourth-order valence-electron chi connectivity index (χ4n) is 2.67. The number of guanidine groups is 1. The van der Waals surface area contributed by atoms with Gasteiger partial charge in [-0.3, -0.25) is 4.99 Å². The molecular formula is C12H15N3O. The van der Waals surface area contributed by atoms with Crippen molar-refractivity contribution in [2.45, 2.75) is 18.4 Å². The minimum Gasteiger partial charge on any atom is -0.497 e. The predicted molar refractivity (Wildman–Crippen MR) is 62.6 cm³/mol. The maximum atomic E-state index is 5.72. The van der Waals surface area contributed by atoms with E-state index >= 15 is 0 Å². The lowest BCUT2D eigenvalue weighted by Gasteiger charge is -2.25. The highest BCUT2D eigenvalue weighted by molar-refractivity contribution is 5.81. The van der Waals surface area contributed by atoms with Crippen molar-refractivity contribution in [3.8, 4) is 5.75 Å². The highest BCUT2D eigenvalue weighted by atomic mass is 16.5. The first-order valence-corrected chi connectivity index (χ1v) is 5.49. The SMILES string of the molecule is COc1ccc2c(c1)C1(CC2)CN=C(N)N1. The molecule has 0 saturated heterocycles. The van der Waals surface area contributed by atoms with Gasteiger partial charge in [-0.1, -0.05) is 6.07 Å². The normalized spacial score (nSPS) is 26.4. The van der Waals surface area contributed by atoms with Crippen LogP contribution in [-0.2, 0) is 12.0 Å². The Bertz CT molecular complexity index is 469. The van der Waals surface area contributed by atoms with Gasteiger partial charge in [0, 0.05) is 0 Å². The summed E-state index contributed by atoms with van der Waals surface area (Å²) in [4.78, 5) is 4.27. The molecule has 1 atom stereocenters. The van der Waals surface area contributed by atoms with Crippen LogP contribution in [-0.4, -0.2) is 19.6 Å². The van der Waals surface area contributed by atoms with Gasteiger partial charge >= 0.3 is 0 Å². The summed E-state index contributed by atoms with van der Waals surface area (Å²) in [6, 6.07) is 6.25. The van der Waals surface area contributed by atoms with Gasteiger partial charge in [0.05, 0.1) is 19.2 Å². The number of nitrogens with two attached hydrogens (primary N) is 1. The largest absolute Gasteiger partial charge is 0.497 e. The number of benzene rings is 1. The molecule has 3 N–H and O–H groups in total. The Labute approximate surface area is 94.5 Å². The lowest BCUT2D eigenvalue weighted by Crippen LogP contribution is -2.43. The molecule has 0 aromatic heterocycles. The number of fused-ring (bicyclic) bond motifs is 2. The van der Waals surface area contributed by atoms with Crippen LogP contribution in [0.5, 0.6) is 5.75 Å². The second-order valence-corrected chi connectivity index (χ2v) is 4.43.